The summed E-state index contributed by atoms with van der Waals surface area (Å²) in [4.78, 5) is 0. The third-order valence-electron chi connectivity index (χ3n) is 2.99. The summed E-state index contributed by atoms with van der Waals surface area (Å²) in [7, 11) is 0. The summed E-state index contributed by atoms with van der Waals surface area (Å²) in [6.45, 7) is 0. The molecule has 2 aromatic rings. The Labute approximate surface area is 144 Å². The van der Waals surface area contributed by atoms with E-state index in [2.05, 4.69) is 43.9 Å². The summed E-state index contributed by atoms with van der Waals surface area (Å²) >= 11 is 11.7. The molecule has 3 N–H and O–H groups in total. The highest BCUT2D eigenvalue weighted by atomic mass is 127. The molecule has 1 unspecified atom stereocenters. The van der Waals surface area contributed by atoms with Crippen LogP contribution in [0.1, 0.15) is 17.2 Å². The molecule has 2 nitrogen and oxygen atoms in total. The maximum atomic E-state index is 13.1. The Morgan fingerprint density at radius 3 is 2.65 bits per heavy atom. The predicted molar refractivity (Wildman–Crippen MR) is 92.0 cm³/mol. The first kappa shape index (κ1) is 16.2. The fourth-order valence-corrected chi connectivity index (χ4v) is 2.95. The van der Waals surface area contributed by atoms with Crippen molar-refractivity contribution in [3.05, 3.63) is 66.4 Å². The van der Waals surface area contributed by atoms with Gasteiger partial charge < -0.3 is 0 Å². The minimum absolute atomic E-state index is 0.0914. The lowest BCUT2D eigenvalue weighted by atomic mass is 9.99. The smallest absolute Gasteiger partial charge is 0.124 e. The van der Waals surface area contributed by atoms with E-state index in [1.165, 1.54) is 12.1 Å². The van der Waals surface area contributed by atoms with Gasteiger partial charge in [0.2, 0.25) is 0 Å². The van der Waals surface area contributed by atoms with Gasteiger partial charge in [0.15, 0.2) is 0 Å². The fourth-order valence-electron chi connectivity index (χ4n) is 1.91. The van der Waals surface area contributed by atoms with Crippen LogP contribution in [0.5, 0.6) is 0 Å². The number of hydrogen-bond acceptors (Lipinski definition) is 2. The monoisotopic (exact) mass is 468 g/mol. The molecule has 0 amide bonds. The number of nitrogens with two attached hydrogens (primary N) is 1. The SMILES string of the molecule is NNC(Cc1ccc(F)cc1Br)c1ccc(I)c(Cl)c1. The zero-order chi connectivity index (χ0) is 14.7. The van der Waals surface area contributed by atoms with Gasteiger partial charge in [-0.05, 0) is 64.4 Å². The molecule has 0 saturated heterocycles. The van der Waals surface area contributed by atoms with Crippen LogP contribution in [-0.2, 0) is 6.42 Å². The molecule has 2 aromatic carbocycles. The number of hydrogen-bond donors (Lipinski definition) is 2. The third kappa shape index (κ3) is 3.92. The quantitative estimate of drug-likeness (QED) is 0.391. The van der Waals surface area contributed by atoms with E-state index in [1.807, 2.05) is 18.2 Å². The summed E-state index contributed by atoms with van der Waals surface area (Å²) in [5.41, 5.74) is 4.75. The van der Waals surface area contributed by atoms with Gasteiger partial charge in [-0.25, -0.2) is 4.39 Å². The molecule has 0 radical (unpaired) electrons. The summed E-state index contributed by atoms with van der Waals surface area (Å²) in [5.74, 6) is 5.37. The minimum atomic E-state index is -0.268. The van der Waals surface area contributed by atoms with E-state index in [1.54, 1.807) is 6.07 Å². The Morgan fingerprint density at radius 1 is 1.30 bits per heavy atom. The normalized spacial score (nSPS) is 12.4. The van der Waals surface area contributed by atoms with Crippen LogP contribution in [0.15, 0.2) is 40.9 Å². The first-order valence-electron chi connectivity index (χ1n) is 5.86. The van der Waals surface area contributed by atoms with Crippen molar-refractivity contribution in [2.24, 2.45) is 5.84 Å². The van der Waals surface area contributed by atoms with Gasteiger partial charge in [0, 0.05) is 8.04 Å². The van der Waals surface area contributed by atoms with Crippen LogP contribution in [0.25, 0.3) is 0 Å². The van der Waals surface area contributed by atoms with Crippen LogP contribution in [0.2, 0.25) is 5.02 Å². The van der Waals surface area contributed by atoms with Crippen LogP contribution in [-0.4, -0.2) is 0 Å². The van der Waals surface area contributed by atoms with Crippen LogP contribution >= 0.6 is 50.1 Å². The van der Waals surface area contributed by atoms with Crippen molar-refractivity contribution in [2.45, 2.75) is 12.5 Å². The average Bonchev–Trinajstić information content (AvgIpc) is 2.41. The van der Waals surface area contributed by atoms with E-state index >= 15 is 0 Å². The van der Waals surface area contributed by atoms with Gasteiger partial charge in [0.05, 0.1) is 11.1 Å². The van der Waals surface area contributed by atoms with Gasteiger partial charge in [0.25, 0.3) is 0 Å². The number of halogens is 4. The van der Waals surface area contributed by atoms with Gasteiger partial charge in [-0.3, -0.25) is 11.3 Å². The van der Waals surface area contributed by atoms with Crippen molar-refractivity contribution < 1.29 is 4.39 Å². The average molecular weight is 470 g/mol. The molecule has 6 heteroatoms. The highest BCUT2D eigenvalue weighted by molar-refractivity contribution is 14.1. The van der Waals surface area contributed by atoms with Crippen molar-refractivity contribution in [2.75, 3.05) is 0 Å². The maximum Gasteiger partial charge on any atom is 0.124 e. The maximum absolute atomic E-state index is 13.1. The van der Waals surface area contributed by atoms with Crippen molar-refractivity contribution in [3.63, 3.8) is 0 Å². The lowest BCUT2D eigenvalue weighted by Crippen LogP contribution is -2.29. The molecule has 0 aliphatic heterocycles. The number of benzene rings is 2. The molecule has 0 bridgehead atoms. The number of rotatable bonds is 4. The topological polar surface area (TPSA) is 38.0 Å². The summed E-state index contributed by atoms with van der Waals surface area (Å²) in [5, 5.41) is 0.696. The Kier molecular flexibility index (Phi) is 5.80. The predicted octanol–water partition coefficient (Wildman–Crippen LogP) is 4.59. The Hall–Kier alpha value is -0.210. The second kappa shape index (κ2) is 7.17. The van der Waals surface area contributed by atoms with Crippen LogP contribution < -0.4 is 11.3 Å². The van der Waals surface area contributed by atoms with Gasteiger partial charge >= 0.3 is 0 Å². The molecular weight excluding hydrogens is 457 g/mol. The van der Waals surface area contributed by atoms with Crippen molar-refractivity contribution >= 4 is 50.1 Å². The Balaban J connectivity index is 2.26. The molecular formula is C14H12BrClFIN2. The summed E-state index contributed by atoms with van der Waals surface area (Å²) in [6.07, 6.45) is 0.633. The minimum Gasteiger partial charge on any atom is -0.271 e. The van der Waals surface area contributed by atoms with Crippen LogP contribution in [0.3, 0.4) is 0 Å². The molecule has 106 valence electrons. The van der Waals surface area contributed by atoms with E-state index in [4.69, 9.17) is 17.4 Å². The van der Waals surface area contributed by atoms with Crippen LogP contribution in [0, 0.1) is 9.39 Å². The largest absolute Gasteiger partial charge is 0.271 e. The van der Waals surface area contributed by atoms with Crippen molar-refractivity contribution in [3.8, 4) is 0 Å². The second-order valence-corrected chi connectivity index (χ2v) is 6.76. The molecule has 0 aromatic heterocycles. The Morgan fingerprint density at radius 2 is 2.05 bits per heavy atom. The summed E-state index contributed by atoms with van der Waals surface area (Å²) < 4.78 is 14.8. The molecule has 0 aliphatic rings. The molecule has 1 atom stereocenters. The van der Waals surface area contributed by atoms with E-state index in [9.17, 15) is 4.39 Å². The van der Waals surface area contributed by atoms with Crippen LogP contribution in [0.4, 0.5) is 4.39 Å². The Bertz CT molecular complexity index is 624. The first-order chi connectivity index (χ1) is 9.51. The van der Waals surface area contributed by atoms with Crippen molar-refractivity contribution in [1.29, 1.82) is 0 Å². The standard InChI is InChI=1S/C14H12BrClFIN2/c15-11-7-10(17)3-1-8(11)6-14(20-19)9-2-4-13(18)12(16)5-9/h1-5,7,14,20H,6,19H2. The lowest BCUT2D eigenvalue weighted by molar-refractivity contribution is 0.549. The highest BCUT2D eigenvalue weighted by Crippen LogP contribution is 2.27. The highest BCUT2D eigenvalue weighted by Gasteiger charge is 2.14. The first-order valence-corrected chi connectivity index (χ1v) is 8.11. The van der Waals surface area contributed by atoms with Gasteiger partial charge in [0.1, 0.15) is 5.82 Å². The van der Waals surface area contributed by atoms with E-state index in [0.29, 0.717) is 11.4 Å². The van der Waals surface area contributed by atoms with E-state index < -0.39 is 0 Å². The third-order valence-corrected chi connectivity index (χ3v) is 5.30. The van der Waals surface area contributed by atoms with Gasteiger partial charge in [-0.2, -0.15) is 0 Å². The molecule has 0 saturated carbocycles. The van der Waals surface area contributed by atoms with E-state index in [0.717, 1.165) is 19.2 Å². The fraction of sp³-hybridized carbons (Fsp3) is 0.143. The van der Waals surface area contributed by atoms with Gasteiger partial charge in [-0.15, -0.1) is 0 Å². The second-order valence-electron chi connectivity index (χ2n) is 4.33. The zero-order valence-electron chi connectivity index (χ0n) is 10.3. The van der Waals surface area contributed by atoms with E-state index in [-0.39, 0.29) is 11.9 Å². The molecule has 0 heterocycles. The van der Waals surface area contributed by atoms with Gasteiger partial charge in [-0.1, -0.05) is 39.7 Å². The summed E-state index contributed by atoms with van der Waals surface area (Å²) in [6, 6.07) is 10.4. The molecule has 2 rings (SSSR count). The number of hydrazine groups is 1. The molecule has 0 fully saturated rings. The molecule has 20 heavy (non-hydrogen) atoms. The van der Waals surface area contributed by atoms with Crippen molar-refractivity contribution in [1.82, 2.24) is 5.43 Å². The molecule has 0 aliphatic carbocycles. The zero-order valence-corrected chi connectivity index (χ0v) is 14.8. The molecule has 0 spiro atoms. The number of nitrogens with one attached hydrogen (secondary N) is 1. The lowest BCUT2D eigenvalue weighted by Gasteiger charge is -2.18.